The van der Waals surface area contributed by atoms with E-state index in [1.165, 1.54) is 5.56 Å². The summed E-state index contributed by atoms with van der Waals surface area (Å²) in [5.74, 6) is 1.95. The van der Waals surface area contributed by atoms with E-state index in [-0.39, 0.29) is 23.7 Å². The van der Waals surface area contributed by atoms with Crippen molar-refractivity contribution in [2.45, 2.75) is 39.7 Å². The summed E-state index contributed by atoms with van der Waals surface area (Å²) >= 11 is 1.86. The summed E-state index contributed by atoms with van der Waals surface area (Å²) in [6.45, 7) is 7.83. The van der Waals surface area contributed by atoms with Crippen LogP contribution in [0.15, 0.2) is 28.4 Å². The second kappa shape index (κ2) is 6.59. The first kappa shape index (κ1) is 17.0. The van der Waals surface area contributed by atoms with Crippen LogP contribution in [0.4, 0.5) is 5.69 Å². The number of aromatic nitrogens is 1. The highest BCUT2D eigenvalue weighted by Crippen LogP contribution is 2.45. The molecule has 0 bridgehead atoms. The van der Waals surface area contributed by atoms with Gasteiger partial charge in [0.2, 0.25) is 5.88 Å². The molecule has 2 heterocycles. The number of hydrogen-bond donors (Lipinski definition) is 1. The van der Waals surface area contributed by atoms with Gasteiger partial charge in [0, 0.05) is 22.8 Å². The lowest BCUT2D eigenvalue weighted by Crippen LogP contribution is -2.22. The van der Waals surface area contributed by atoms with Crippen LogP contribution in [0.5, 0.6) is 5.88 Å². The molecule has 1 aliphatic heterocycles. The molecule has 0 spiro atoms. The van der Waals surface area contributed by atoms with Gasteiger partial charge in [0.15, 0.2) is 5.69 Å². The van der Waals surface area contributed by atoms with Gasteiger partial charge in [-0.2, -0.15) is 11.8 Å². The van der Waals surface area contributed by atoms with E-state index in [2.05, 4.69) is 36.2 Å². The molecule has 1 saturated heterocycles. The third-order valence-electron chi connectivity index (χ3n) is 4.37. The summed E-state index contributed by atoms with van der Waals surface area (Å²) in [5.41, 5.74) is 2.53. The molecule has 1 fully saturated rings. The van der Waals surface area contributed by atoms with Crippen LogP contribution in [0, 0.1) is 5.92 Å². The molecular weight excluding hydrogens is 322 g/mol. The number of amides is 1. The Balaban J connectivity index is 2.16. The van der Waals surface area contributed by atoms with Crippen molar-refractivity contribution < 1.29 is 9.90 Å². The van der Waals surface area contributed by atoms with Gasteiger partial charge in [0.1, 0.15) is 0 Å². The van der Waals surface area contributed by atoms with Gasteiger partial charge in [-0.15, -0.1) is 10.2 Å². The van der Waals surface area contributed by atoms with E-state index in [4.69, 9.17) is 0 Å². The standard InChI is InChI=1S/C18H23N3O2S/c1-10(2)12-5-6-15-14(7-12)16(19-20-17(22)11(3)4)18(23)21(15)13-8-24-9-13/h5-7,10-11,13,23H,8-9H2,1-4H3. The Labute approximate surface area is 146 Å². The molecule has 1 N–H and O–H groups in total. The quantitative estimate of drug-likeness (QED) is 0.791. The van der Waals surface area contributed by atoms with Crippen LogP contribution in [0.2, 0.25) is 0 Å². The molecule has 0 aliphatic carbocycles. The normalized spacial score (nSPS) is 15.8. The lowest BCUT2D eigenvalue weighted by Gasteiger charge is -2.27. The molecule has 0 saturated carbocycles. The molecule has 0 radical (unpaired) electrons. The zero-order valence-corrected chi connectivity index (χ0v) is 15.3. The number of carbonyl (C=O) groups excluding carboxylic acids is 1. The fraction of sp³-hybridized carbons (Fsp3) is 0.500. The van der Waals surface area contributed by atoms with Crippen molar-refractivity contribution in [3.8, 4) is 5.88 Å². The monoisotopic (exact) mass is 345 g/mol. The van der Waals surface area contributed by atoms with Gasteiger partial charge in [0.05, 0.1) is 11.6 Å². The number of azo groups is 1. The Morgan fingerprint density at radius 3 is 2.54 bits per heavy atom. The van der Waals surface area contributed by atoms with E-state index in [0.29, 0.717) is 11.6 Å². The van der Waals surface area contributed by atoms with Crippen LogP contribution < -0.4 is 0 Å². The molecule has 1 amide bonds. The summed E-state index contributed by atoms with van der Waals surface area (Å²) in [6.07, 6.45) is 0. The molecule has 1 aromatic heterocycles. The first-order valence-corrected chi connectivity index (χ1v) is 9.45. The zero-order chi connectivity index (χ0) is 17.4. The summed E-state index contributed by atoms with van der Waals surface area (Å²) in [6, 6.07) is 6.45. The molecule has 3 rings (SSSR count). The smallest absolute Gasteiger partial charge is 0.267 e. The fourth-order valence-corrected chi connectivity index (χ4v) is 3.46. The van der Waals surface area contributed by atoms with E-state index in [0.717, 1.165) is 22.4 Å². The first-order valence-electron chi connectivity index (χ1n) is 8.30. The molecule has 1 aliphatic rings. The molecule has 1 aromatic carbocycles. The van der Waals surface area contributed by atoms with E-state index in [1.807, 2.05) is 22.4 Å². The largest absolute Gasteiger partial charge is 0.493 e. The van der Waals surface area contributed by atoms with Crippen LogP contribution in [0.25, 0.3) is 10.9 Å². The van der Waals surface area contributed by atoms with Crippen molar-refractivity contribution in [2.75, 3.05) is 11.5 Å². The van der Waals surface area contributed by atoms with Gasteiger partial charge in [-0.3, -0.25) is 4.79 Å². The highest BCUT2D eigenvalue weighted by Gasteiger charge is 2.27. The Morgan fingerprint density at radius 2 is 2.00 bits per heavy atom. The van der Waals surface area contributed by atoms with E-state index in [9.17, 15) is 9.90 Å². The number of benzene rings is 1. The Bertz CT molecular complexity index is 804. The van der Waals surface area contributed by atoms with Gasteiger partial charge in [-0.05, 0) is 23.6 Å². The first-order chi connectivity index (χ1) is 11.4. The van der Waals surface area contributed by atoms with Crippen molar-refractivity contribution >= 4 is 34.3 Å². The lowest BCUT2D eigenvalue weighted by molar-refractivity contribution is -0.121. The van der Waals surface area contributed by atoms with Gasteiger partial charge in [-0.1, -0.05) is 33.8 Å². The minimum absolute atomic E-state index is 0.108. The predicted octanol–water partition coefficient (Wildman–Crippen LogP) is 5.02. The van der Waals surface area contributed by atoms with Gasteiger partial charge in [-0.25, -0.2) is 0 Å². The number of thioether (sulfide) groups is 1. The predicted molar refractivity (Wildman–Crippen MR) is 98.4 cm³/mol. The van der Waals surface area contributed by atoms with Crippen LogP contribution in [-0.4, -0.2) is 27.1 Å². The molecule has 5 nitrogen and oxygen atoms in total. The molecule has 2 aromatic rings. The lowest BCUT2D eigenvalue weighted by atomic mass is 10.0. The number of fused-ring (bicyclic) bond motifs is 1. The van der Waals surface area contributed by atoms with E-state index in [1.54, 1.807) is 13.8 Å². The van der Waals surface area contributed by atoms with Crippen LogP contribution in [0.3, 0.4) is 0 Å². The maximum Gasteiger partial charge on any atom is 0.267 e. The minimum Gasteiger partial charge on any atom is -0.493 e. The van der Waals surface area contributed by atoms with E-state index < -0.39 is 0 Å². The zero-order valence-electron chi connectivity index (χ0n) is 14.5. The third kappa shape index (κ3) is 2.95. The van der Waals surface area contributed by atoms with Crippen LogP contribution >= 0.6 is 11.8 Å². The van der Waals surface area contributed by atoms with Crippen molar-refractivity contribution in [3.05, 3.63) is 23.8 Å². The molecule has 0 unspecified atom stereocenters. The Hall–Kier alpha value is -1.82. The minimum atomic E-state index is -0.283. The summed E-state index contributed by atoms with van der Waals surface area (Å²) in [7, 11) is 0. The molecule has 6 heteroatoms. The van der Waals surface area contributed by atoms with Gasteiger partial charge >= 0.3 is 0 Å². The third-order valence-corrected chi connectivity index (χ3v) is 5.61. The average Bonchev–Trinajstić information content (AvgIpc) is 2.75. The highest BCUT2D eigenvalue weighted by atomic mass is 32.2. The van der Waals surface area contributed by atoms with Crippen molar-refractivity contribution in [3.63, 3.8) is 0 Å². The number of rotatable bonds is 4. The maximum absolute atomic E-state index is 11.8. The second-order valence-electron chi connectivity index (χ2n) is 6.86. The van der Waals surface area contributed by atoms with Crippen molar-refractivity contribution in [1.82, 2.24) is 4.57 Å². The molecule has 24 heavy (non-hydrogen) atoms. The molecule has 128 valence electrons. The van der Waals surface area contributed by atoms with Gasteiger partial charge in [0.25, 0.3) is 5.91 Å². The summed E-state index contributed by atoms with van der Waals surface area (Å²) in [5, 5.41) is 19.5. The van der Waals surface area contributed by atoms with Crippen molar-refractivity contribution in [2.24, 2.45) is 16.1 Å². The molecule has 0 atom stereocenters. The number of nitrogens with zero attached hydrogens (tertiary/aromatic N) is 3. The van der Waals surface area contributed by atoms with Gasteiger partial charge < -0.3 is 9.67 Å². The topological polar surface area (TPSA) is 66.9 Å². The molecular formula is C18H23N3O2S. The highest BCUT2D eigenvalue weighted by molar-refractivity contribution is 8.00. The average molecular weight is 345 g/mol. The number of hydrogen-bond acceptors (Lipinski definition) is 4. The Kier molecular flexibility index (Phi) is 4.67. The Morgan fingerprint density at radius 1 is 1.29 bits per heavy atom. The van der Waals surface area contributed by atoms with E-state index >= 15 is 0 Å². The number of carbonyl (C=O) groups is 1. The van der Waals surface area contributed by atoms with Crippen LogP contribution in [-0.2, 0) is 4.79 Å². The summed E-state index contributed by atoms with van der Waals surface area (Å²) in [4.78, 5) is 11.8. The summed E-state index contributed by atoms with van der Waals surface area (Å²) < 4.78 is 1.93. The fourth-order valence-electron chi connectivity index (χ4n) is 2.72. The maximum atomic E-state index is 11.8. The second-order valence-corrected chi connectivity index (χ2v) is 7.93. The van der Waals surface area contributed by atoms with Crippen LogP contribution in [0.1, 0.15) is 45.2 Å². The van der Waals surface area contributed by atoms with Crippen molar-refractivity contribution in [1.29, 1.82) is 0 Å². The SMILES string of the molecule is CC(C)C(=O)N=Nc1c(O)n(C2CSC2)c2ccc(C(C)C)cc12. The number of aromatic hydroxyl groups is 1.